The average molecular weight is 508 g/mol. The number of nitrogens with one attached hydrogen (secondary N) is 1. The number of hydrogen-bond acceptors (Lipinski definition) is 4. The number of carbonyl (C=O) groups excluding carboxylic acids is 1. The van der Waals surface area contributed by atoms with Gasteiger partial charge in [-0.25, -0.2) is 15.4 Å². The third kappa shape index (κ3) is 6.29. The molecule has 0 unspecified atom stereocenters. The molecule has 0 atom stereocenters. The summed E-state index contributed by atoms with van der Waals surface area (Å²) in [6.07, 6.45) is 3.32. The van der Waals surface area contributed by atoms with Gasteiger partial charge in [0.25, 0.3) is 0 Å². The molecule has 3 aromatic carbocycles. The van der Waals surface area contributed by atoms with Gasteiger partial charge < -0.3 is 14.8 Å². The van der Waals surface area contributed by atoms with Crippen LogP contribution in [0.15, 0.2) is 72.9 Å². The van der Waals surface area contributed by atoms with Crippen LogP contribution in [0.5, 0.6) is 0 Å². The summed E-state index contributed by atoms with van der Waals surface area (Å²) in [6, 6.07) is 21.1. The minimum absolute atomic E-state index is 0.0417. The largest absolute Gasteiger partial charge is 0.478 e. The summed E-state index contributed by atoms with van der Waals surface area (Å²) in [5.41, 5.74) is 5.62. The maximum Gasteiger partial charge on any atom is 0.337 e. The van der Waals surface area contributed by atoms with E-state index in [4.69, 9.17) is 27.7 Å². The number of aryl methyl sites for hydroxylation is 2. The number of carboxylic acid groups (broad SMARTS) is 2. The van der Waals surface area contributed by atoms with E-state index < -0.39 is 11.9 Å². The van der Waals surface area contributed by atoms with E-state index in [1.54, 1.807) is 0 Å². The molecule has 186 valence electrons. The van der Waals surface area contributed by atoms with Crippen LogP contribution >= 0.6 is 11.6 Å². The molecule has 1 aromatic heterocycles. The number of aromatic nitrogens is 1. The molecule has 0 bridgehead atoms. The summed E-state index contributed by atoms with van der Waals surface area (Å²) in [7, 11) is 0. The minimum atomic E-state index is -1.23. The number of halogens is 1. The Labute approximate surface area is 212 Å². The van der Waals surface area contributed by atoms with Crippen molar-refractivity contribution in [3.05, 3.63) is 106 Å². The van der Waals surface area contributed by atoms with E-state index in [1.165, 1.54) is 24.6 Å². The van der Waals surface area contributed by atoms with Crippen molar-refractivity contribution >= 4 is 40.3 Å². The van der Waals surface area contributed by atoms with Crippen LogP contribution in [0.4, 0.5) is 0 Å². The Morgan fingerprint density at radius 3 is 2.25 bits per heavy atom. The van der Waals surface area contributed by atoms with Gasteiger partial charge in [0.1, 0.15) is 0 Å². The predicted octanol–water partition coefficient (Wildman–Crippen LogP) is 4.46. The molecular weight excluding hydrogens is 482 g/mol. The van der Waals surface area contributed by atoms with Gasteiger partial charge in [0.2, 0.25) is 5.91 Å². The van der Waals surface area contributed by atoms with Gasteiger partial charge in [-0.05, 0) is 48.2 Å². The van der Waals surface area contributed by atoms with E-state index in [1.807, 2.05) is 24.3 Å². The molecule has 0 radical (unpaired) electrons. The Morgan fingerprint density at radius 1 is 0.944 bits per heavy atom. The first kappa shape index (κ1) is 26.5. The lowest BCUT2D eigenvalue weighted by atomic mass is 10.0. The van der Waals surface area contributed by atoms with Crippen LogP contribution in [-0.4, -0.2) is 32.6 Å². The summed E-state index contributed by atoms with van der Waals surface area (Å²) < 4.78 is 2.21. The molecule has 0 aliphatic heterocycles. The summed E-state index contributed by atoms with van der Waals surface area (Å²) in [6.45, 7) is 2.30. The third-order valence-electron chi connectivity index (χ3n) is 5.73. The first-order valence-corrected chi connectivity index (χ1v) is 11.5. The fraction of sp³-hybridized carbons (Fsp3) is 0.148. The number of aromatic carboxylic acids is 2. The van der Waals surface area contributed by atoms with Crippen LogP contribution in [0, 0.1) is 6.92 Å². The Kier molecular flexibility index (Phi) is 8.83. The Balaban J connectivity index is 0.000000223. The molecule has 4 rings (SSSR count). The lowest BCUT2D eigenvalue weighted by Crippen LogP contribution is -2.31. The first-order valence-electron chi connectivity index (χ1n) is 11.1. The standard InChI is InChI=1S/C18H19N3O.C9H7ClO4/c19-20-18(22)12-15-13-21(17-9-5-4-8-16(15)17)11-10-14-6-2-1-3-7-14;1-4-5(8(11)12)2-3-6(10)7(4)9(13)14/h1-9,13H,10-12,19H2,(H,20,22);2-3H,1H3,(H,11,12)(H,13,14). The molecule has 1 amide bonds. The van der Waals surface area contributed by atoms with Gasteiger partial charge in [-0.15, -0.1) is 0 Å². The van der Waals surface area contributed by atoms with Gasteiger partial charge >= 0.3 is 11.9 Å². The number of hydrogen-bond donors (Lipinski definition) is 4. The van der Waals surface area contributed by atoms with E-state index in [0.717, 1.165) is 29.4 Å². The second-order valence-corrected chi connectivity index (χ2v) is 8.46. The van der Waals surface area contributed by atoms with Crippen molar-refractivity contribution in [3.8, 4) is 0 Å². The smallest absolute Gasteiger partial charge is 0.337 e. The van der Waals surface area contributed by atoms with Crippen molar-refractivity contribution in [2.24, 2.45) is 5.84 Å². The molecule has 0 aliphatic rings. The highest BCUT2D eigenvalue weighted by Crippen LogP contribution is 2.23. The fourth-order valence-electron chi connectivity index (χ4n) is 3.94. The molecule has 36 heavy (non-hydrogen) atoms. The van der Waals surface area contributed by atoms with Crippen molar-refractivity contribution < 1.29 is 24.6 Å². The Morgan fingerprint density at radius 2 is 1.61 bits per heavy atom. The molecule has 0 aliphatic carbocycles. The number of amides is 1. The van der Waals surface area contributed by atoms with Gasteiger partial charge in [-0.3, -0.25) is 10.2 Å². The van der Waals surface area contributed by atoms with Crippen molar-refractivity contribution in [1.82, 2.24) is 9.99 Å². The number of hydrazine groups is 1. The molecule has 1 heterocycles. The number of benzene rings is 3. The molecule has 0 saturated carbocycles. The SMILES string of the molecule is Cc1c(C(=O)O)ccc(Cl)c1C(=O)O.NNC(=O)Cc1cn(CCc2ccccc2)c2ccccc12. The Hall–Kier alpha value is -4.14. The predicted molar refractivity (Wildman–Crippen MR) is 138 cm³/mol. The summed E-state index contributed by atoms with van der Waals surface area (Å²) >= 11 is 5.63. The summed E-state index contributed by atoms with van der Waals surface area (Å²) in [4.78, 5) is 33.0. The van der Waals surface area contributed by atoms with Crippen LogP contribution in [0.1, 0.15) is 37.4 Å². The zero-order chi connectivity index (χ0) is 26.2. The lowest BCUT2D eigenvalue weighted by Gasteiger charge is -2.06. The Bertz CT molecular complexity index is 1400. The van der Waals surface area contributed by atoms with Crippen LogP contribution in [0.2, 0.25) is 5.02 Å². The quantitative estimate of drug-likeness (QED) is 0.166. The number of para-hydroxylation sites is 1. The topological polar surface area (TPSA) is 135 Å². The molecule has 4 aromatic rings. The number of nitrogens with zero attached hydrogens (tertiary/aromatic N) is 1. The van der Waals surface area contributed by atoms with E-state index in [0.29, 0.717) is 6.42 Å². The summed E-state index contributed by atoms with van der Waals surface area (Å²) in [5, 5.41) is 18.7. The van der Waals surface area contributed by atoms with Crippen molar-refractivity contribution in [3.63, 3.8) is 0 Å². The van der Waals surface area contributed by atoms with E-state index in [-0.39, 0.29) is 27.6 Å². The molecule has 5 N–H and O–H groups in total. The molecule has 0 spiro atoms. The molecule has 0 saturated heterocycles. The van der Waals surface area contributed by atoms with Crippen molar-refractivity contribution in [2.75, 3.05) is 0 Å². The van der Waals surface area contributed by atoms with Gasteiger partial charge in [0.15, 0.2) is 0 Å². The normalized spacial score (nSPS) is 10.4. The van der Waals surface area contributed by atoms with Gasteiger partial charge in [-0.2, -0.15) is 0 Å². The number of carbonyl (C=O) groups is 3. The third-order valence-corrected chi connectivity index (χ3v) is 6.04. The van der Waals surface area contributed by atoms with Crippen LogP contribution in [0.25, 0.3) is 10.9 Å². The molecule has 8 nitrogen and oxygen atoms in total. The number of fused-ring (bicyclic) bond motifs is 1. The number of carboxylic acids is 2. The second kappa shape index (κ2) is 12.0. The van der Waals surface area contributed by atoms with Crippen LogP contribution in [-0.2, 0) is 24.2 Å². The summed E-state index contributed by atoms with van der Waals surface area (Å²) in [5.74, 6) is 2.63. The zero-order valence-corrected chi connectivity index (χ0v) is 20.3. The minimum Gasteiger partial charge on any atom is -0.478 e. The molecule has 0 fully saturated rings. The van der Waals surface area contributed by atoms with Crippen LogP contribution in [0.3, 0.4) is 0 Å². The van der Waals surface area contributed by atoms with E-state index in [9.17, 15) is 14.4 Å². The average Bonchev–Trinajstić information content (AvgIpc) is 3.20. The second-order valence-electron chi connectivity index (χ2n) is 8.05. The highest BCUT2D eigenvalue weighted by molar-refractivity contribution is 6.33. The van der Waals surface area contributed by atoms with E-state index in [2.05, 4.69) is 46.5 Å². The van der Waals surface area contributed by atoms with Crippen molar-refractivity contribution in [2.45, 2.75) is 26.3 Å². The monoisotopic (exact) mass is 507 g/mol. The number of rotatable bonds is 7. The highest BCUT2D eigenvalue weighted by Gasteiger charge is 2.18. The fourth-order valence-corrected chi connectivity index (χ4v) is 4.23. The zero-order valence-electron chi connectivity index (χ0n) is 19.6. The lowest BCUT2D eigenvalue weighted by molar-refractivity contribution is -0.120. The number of nitrogens with two attached hydrogens (primary N) is 1. The van der Waals surface area contributed by atoms with Crippen LogP contribution < -0.4 is 11.3 Å². The van der Waals surface area contributed by atoms with E-state index >= 15 is 0 Å². The first-order chi connectivity index (χ1) is 17.2. The highest BCUT2D eigenvalue weighted by atomic mass is 35.5. The molecule has 9 heteroatoms. The van der Waals surface area contributed by atoms with Gasteiger partial charge in [-0.1, -0.05) is 60.1 Å². The van der Waals surface area contributed by atoms with Gasteiger partial charge in [0.05, 0.1) is 22.6 Å². The van der Waals surface area contributed by atoms with Gasteiger partial charge in [0, 0.05) is 23.6 Å². The maximum atomic E-state index is 11.6. The van der Waals surface area contributed by atoms with Crippen molar-refractivity contribution in [1.29, 1.82) is 0 Å². The molecular formula is C27H26ClN3O5. The maximum absolute atomic E-state index is 11.6.